The van der Waals surface area contributed by atoms with Crippen molar-refractivity contribution in [1.82, 2.24) is 5.32 Å². The number of amides is 1. The van der Waals surface area contributed by atoms with Gasteiger partial charge in [-0.2, -0.15) is 0 Å². The summed E-state index contributed by atoms with van der Waals surface area (Å²) in [6.45, 7) is 1.55. The molecule has 0 saturated carbocycles. The molecule has 1 saturated heterocycles. The van der Waals surface area contributed by atoms with Crippen molar-refractivity contribution in [3.05, 3.63) is 65.7 Å². The molecule has 0 aromatic heterocycles. The maximum absolute atomic E-state index is 12.6. The normalized spacial score (nSPS) is 16.0. The Kier molecular flexibility index (Phi) is 6.60. The summed E-state index contributed by atoms with van der Waals surface area (Å²) < 4.78 is 0. The van der Waals surface area contributed by atoms with Gasteiger partial charge >= 0.3 is 0 Å². The molecule has 5 nitrogen and oxygen atoms in total. The lowest BCUT2D eigenvalue weighted by Gasteiger charge is -2.33. The number of nitrogens with zero attached hydrogens (tertiary/aromatic N) is 1. The van der Waals surface area contributed by atoms with Crippen LogP contribution in [0.25, 0.3) is 0 Å². The Balaban J connectivity index is 1.50. The Morgan fingerprint density at radius 3 is 2.37 bits per heavy atom. The molecule has 1 aliphatic heterocycles. The first-order chi connectivity index (χ1) is 13.2. The van der Waals surface area contributed by atoms with Crippen molar-refractivity contribution in [2.45, 2.75) is 25.3 Å². The zero-order chi connectivity index (χ0) is 19.1. The van der Waals surface area contributed by atoms with Gasteiger partial charge in [-0.1, -0.05) is 30.3 Å². The second-order valence-electron chi connectivity index (χ2n) is 7.05. The lowest BCUT2D eigenvalue weighted by Crippen LogP contribution is -2.45. The van der Waals surface area contributed by atoms with E-state index >= 15 is 0 Å². The molecular formula is C22H26N2O3. The van der Waals surface area contributed by atoms with E-state index in [9.17, 15) is 14.7 Å². The number of carbonyl (C=O) groups is 2. The molecule has 0 spiro atoms. The zero-order valence-electron chi connectivity index (χ0n) is 15.4. The molecule has 0 aliphatic carbocycles. The molecule has 3 rings (SSSR count). The second-order valence-corrected chi connectivity index (χ2v) is 7.05. The van der Waals surface area contributed by atoms with Crippen LogP contribution in [0.3, 0.4) is 0 Å². The molecular weight excluding hydrogens is 340 g/mol. The predicted molar refractivity (Wildman–Crippen MR) is 106 cm³/mol. The monoisotopic (exact) mass is 366 g/mol. The van der Waals surface area contributed by atoms with Crippen molar-refractivity contribution in [3.63, 3.8) is 0 Å². The largest absolute Gasteiger partial charge is 0.394 e. The Hall–Kier alpha value is -2.66. The summed E-state index contributed by atoms with van der Waals surface area (Å²) in [5.41, 5.74) is 2.85. The summed E-state index contributed by atoms with van der Waals surface area (Å²) in [6, 6.07) is 17.2. The highest BCUT2D eigenvalue weighted by atomic mass is 16.3. The number of nitrogens with one attached hydrogen (secondary N) is 1. The van der Waals surface area contributed by atoms with Crippen LogP contribution < -0.4 is 10.2 Å². The van der Waals surface area contributed by atoms with E-state index in [4.69, 9.17) is 0 Å². The van der Waals surface area contributed by atoms with E-state index < -0.39 is 0 Å². The van der Waals surface area contributed by atoms with Crippen molar-refractivity contribution in [3.8, 4) is 0 Å². The van der Waals surface area contributed by atoms with Crippen molar-refractivity contribution < 1.29 is 14.7 Å². The fourth-order valence-electron chi connectivity index (χ4n) is 3.54. The van der Waals surface area contributed by atoms with Crippen molar-refractivity contribution in [2.24, 2.45) is 5.92 Å². The molecule has 1 aliphatic rings. The highest BCUT2D eigenvalue weighted by Gasteiger charge is 2.26. The molecule has 1 heterocycles. The fraction of sp³-hybridized carbons (Fsp3) is 0.364. The van der Waals surface area contributed by atoms with E-state index in [1.807, 2.05) is 54.6 Å². The predicted octanol–water partition coefficient (Wildman–Crippen LogP) is 2.44. The highest BCUT2D eigenvalue weighted by molar-refractivity contribution is 5.79. The van der Waals surface area contributed by atoms with Crippen LogP contribution in [0.5, 0.6) is 0 Å². The third-order valence-corrected chi connectivity index (χ3v) is 5.15. The van der Waals surface area contributed by atoms with Crippen molar-refractivity contribution >= 4 is 17.9 Å². The summed E-state index contributed by atoms with van der Waals surface area (Å²) >= 11 is 0. The van der Waals surface area contributed by atoms with Crippen LogP contribution in [0.2, 0.25) is 0 Å². The number of benzene rings is 2. The highest BCUT2D eigenvalue weighted by Crippen LogP contribution is 2.23. The van der Waals surface area contributed by atoms with Crippen LogP contribution in [0.4, 0.5) is 5.69 Å². The molecule has 0 bridgehead atoms. The van der Waals surface area contributed by atoms with Gasteiger partial charge in [-0.15, -0.1) is 0 Å². The van der Waals surface area contributed by atoms with Gasteiger partial charge in [-0.3, -0.25) is 9.59 Å². The molecule has 0 unspecified atom stereocenters. The van der Waals surface area contributed by atoms with Gasteiger partial charge in [0.25, 0.3) is 0 Å². The van der Waals surface area contributed by atoms with Crippen LogP contribution in [0.15, 0.2) is 54.6 Å². The van der Waals surface area contributed by atoms with E-state index in [1.165, 1.54) is 0 Å². The van der Waals surface area contributed by atoms with E-state index in [0.29, 0.717) is 12.0 Å². The minimum atomic E-state index is -0.256. The number of aldehydes is 1. The Morgan fingerprint density at radius 1 is 1.11 bits per heavy atom. The van der Waals surface area contributed by atoms with Crippen molar-refractivity contribution in [2.75, 3.05) is 24.6 Å². The summed E-state index contributed by atoms with van der Waals surface area (Å²) in [5, 5.41) is 12.6. The molecule has 2 N–H and O–H groups in total. The minimum Gasteiger partial charge on any atom is -0.394 e. The number of anilines is 1. The molecule has 27 heavy (non-hydrogen) atoms. The molecule has 5 heteroatoms. The van der Waals surface area contributed by atoms with Gasteiger partial charge in [0, 0.05) is 30.3 Å². The quantitative estimate of drug-likeness (QED) is 0.739. The van der Waals surface area contributed by atoms with Crippen LogP contribution in [0, 0.1) is 5.92 Å². The summed E-state index contributed by atoms with van der Waals surface area (Å²) in [5.74, 6) is 0.00116. The molecule has 0 radical (unpaired) electrons. The van der Waals surface area contributed by atoms with E-state index in [2.05, 4.69) is 10.2 Å². The number of rotatable bonds is 7. The summed E-state index contributed by atoms with van der Waals surface area (Å²) in [6.07, 6.45) is 3.04. The minimum absolute atomic E-state index is 0.0275. The first-order valence-electron chi connectivity index (χ1n) is 9.45. The van der Waals surface area contributed by atoms with Gasteiger partial charge < -0.3 is 15.3 Å². The Bertz CT molecular complexity index is 738. The maximum Gasteiger partial charge on any atom is 0.223 e. The Labute approximate surface area is 160 Å². The van der Waals surface area contributed by atoms with E-state index in [-0.39, 0.29) is 24.5 Å². The van der Waals surface area contributed by atoms with E-state index in [0.717, 1.165) is 43.5 Å². The summed E-state index contributed by atoms with van der Waals surface area (Å²) in [4.78, 5) is 25.6. The van der Waals surface area contributed by atoms with Gasteiger partial charge in [0.15, 0.2) is 0 Å². The number of aliphatic hydroxyl groups excluding tert-OH is 1. The first kappa shape index (κ1) is 19.1. The van der Waals surface area contributed by atoms with Crippen LogP contribution >= 0.6 is 0 Å². The molecule has 2 aromatic carbocycles. The number of carbonyl (C=O) groups excluding carboxylic acids is 2. The van der Waals surface area contributed by atoms with Gasteiger partial charge in [0.05, 0.1) is 12.6 Å². The first-order valence-corrected chi connectivity index (χ1v) is 9.45. The maximum atomic E-state index is 12.6. The SMILES string of the molecule is O=Cc1ccc(N2CCC(C(=O)N[C@@H](CO)Cc3ccccc3)CC2)cc1. The molecule has 2 aromatic rings. The number of aliphatic hydroxyl groups is 1. The van der Waals surface area contributed by atoms with Crippen LogP contribution in [-0.4, -0.2) is 43.0 Å². The number of hydrogen-bond donors (Lipinski definition) is 2. The molecule has 142 valence electrons. The van der Waals surface area contributed by atoms with Gasteiger partial charge in [-0.25, -0.2) is 0 Å². The third-order valence-electron chi connectivity index (χ3n) is 5.15. The fourth-order valence-corrected chi connectivity index (χ4v) is 3.54. The second kappa shape index (κ2) is 9.33. The molecule has 1 atom stereocenters. The summed E-state index contributed by atoms with van der Waals surface area (Å²) in [7, 11) is 0. The zero-order valence-corrected chi connectivity index (χ0v) is 15.4. The molecule has 1 amide bonds. The molecule has 1 fully saturated rings. The van der Waals surface area contributed by atoms with Crippen molar-refractivity contribution in [1.29, 1.82) is 0 Å². The Morgan fingerprint density at radius 2 is 1.78 bits per heavy atom. The van der Waals surface area contributed by atoms with Crippen LogP contribution in [-0.2, 0) is 11.2 Å². The smallest absolute Gasteiger partial charge is 0.223 e. The topological polar surface area (TPSA) is 69.6 Å². The third kappa shape index (κ3) is 5.17. The average molecular weight is 366 g/mol. The van der Waals surface area contributed by atoms with Gasteiger partial charge in [-0.05, 0) is 49.1 Å². The lowest BCUT2D eigenvalue weighted by molar-refractivity contribution is -0.126. The number of piperidine rings is 1. The number of hydrogen-bond acceptors (Lipinski definition) is 4. The van der Waals surface area contributed by atoms with Crippen LogP contribution in [0.1, 0.15) is 28.8 Å². The lowest BCUT2D eigenvalue weighted by atomic mass is 9.94. The van der Waals surface area contributed by atoms with Gasteiger partial charge in [0.1, 0.15) is 6.29 Å². The van der Waals surface area contributed by atoms with E-state index in [1.54, 1.807) is 0 Å². The standard InChI is InChI=1S/C22H26N2O3/c25-15-18-6-8-21(9-7-18)24-12-10-19(11-13-24)22(27)23-20(16-26)14-17-4-2-1-3-5-17/h1-9,15,19-20,26H,10-14,16H2,(H,23,27)/t20-/m1/s1. The average Bonchev–Trinajstić information content (AvgIpc) is 2.74. The van der Waals surface area contributed by atoms with Gasteiger partial charge in [0.2, 0.25) is 5.91 Å².